The van der Waals surface area contributed by atoms with Crippen molar-refractivity contribution in [2.45, 2.75) is 32.6 Å². The Balaban J connectivity index is 4.66. The van der Waals surface area contributed by atoms with Crippen LogP contribution < -0.4 is 5.73 Å². The summed E-state index contributed by atoms with van der Waals surface area (Å²) in [6.45, 7) is 8.75. The van der Waals surface area contributed by atoms with Crippen molar-refractivity contribution >= 4 is 19.8 Å². The van der Waals surface area contributed by atoms with Crippen LogP contribution >= 0.6 is 0 Å². The first-order valence-electron chi connectivity index (χ1n) is 6.50. The molecule has 0 unspecified atom stereocenters. The van der Waals surface area contributed by atoms with Crippen molar-refractivity contribution in [3.8, 4) is 0 Å². The number of hydrogen-bond donors (Lipinski definition) is 2. The lowest BCUT2D eigenvalue weighted by atomic mass is 10.1. The monoisotopic (exact) mass is 302 g/mol. The second kappa shape index (κ2) is 8.88. The van der Waals surface area contributed by atoms with Gasteiger partial charge in [0.1, 0.15) is 12.4 Å². The molecule has 0 fully saturated rings. The summed E-state index contributed by atoms with van der Waals surface area (Å²) in [6, 6.07) is 1.03. The normalized spacial score (nSPS) is 14.0. The quantitative estimate of drug-likeness (QED) is 0.303. The van der Waals surface area contributed by atoms with Crippen LogP contribution in [0.15, 0.2) is 16.3 Å². The van der Waals surface area contributed by atoms with Crippen LogP contribution in [-0.2, 0) is 14.3 Å². The number of nitrogens with zero attached hydrogens (tertiary/aromatic N) is 1. The van der Waals surface area contributed by atoms with E-state index in [-0.39, 0.29) is 24.7 Å². The summed E-state index contributed by atoms with van der Waals surface area (Å²) >= 11 is 0. The molecule has 0 saturated carbocycles. The Morgan fingerprint density at radius 2 is 1.95 bits per heavy atom. The van der Waals surface area contributed by atoms with Crippen LogP contribution in [0.3, 0.4) is 0 Å². The van der Waals surface area contributed by atoms with Crippen molar-refractivity contribution in [2.24, 2.45) is 10.7 Å². The molecule has 0 aromatic rings. The number of aliphatic hydroxyl groups is 1. The number of methoxy groups -OCH3 is 1. The van der Waals surface area contributed by atoms with E-state index in [1.165, 1.54) is 7.11 Å². The minimum Gasteiger partial charge on any atom is -0.464 e. The molecule has 0 heterocycles. The number of rotatable bonds is 8. The average molecular weight is 302 g/mol. The molecule has 0 aromatic carbocycles. The van der Waals surface area contributed by atoms with Crippen LogP contribution in [0.4, 0.5) is 0 Å². The smallest absolute Gasteiger partial charge is 0.356 e. The van der Waals surface area contributed by atoms with E-state index in [1.807, 2.05) is 0 Å². The molecule has 0 spiro atoms. The van der Waals surface area contributed by atoms with E-state index in [0.717, 1.165) is 6.04 Å². The Kier molecular flexibility index (Phi) is 8.36. The van der Waals surface area contributed by atoms with Crippen molar-refractivity contribution in [3.63, 3.8) is 0 Å². The van der Waals surface area contributed by atoms with E-state index in [1.54, 1.807) is 6.92 Å². The maximum Gasteiger partial charge on any atom is 0.356 e. The van der Waals surface area contributed by atoms with Gasteiger partial charge in [0.05, 0.1) is 13.7 Å². The van der Waals surface area contributed by atoms with Crippen LogP contribution in [0.2, 0.25) is 25.7 Å². The summed E-state index contributed by atoms with van der Waals surface area (Å²) in [5, 5.41) is 8.99. The van der Waals surface area contributed by atoms with Gasteiger partial charge >= 0.3 is 5.97 Å². The topological polar surface area (TPSA) is 94.1 Å². The Hall–Kier alpha value is -1.18. The standard InChI is InChI=1S/C13H26N2O4Si/c1-10(11(14)8-16)12(13(17)18-2)15-9-19-6-7-20(3,4)5/h16H,6-9,14H2,1-5H3. The van der Waals surface area contributed by atoms with Crippen molar-refractivity contribution in [2.75, 3.05) is 27.1 Å². The first kappa shape index (κ1) is 18.8. The van der Waals surface area contributed by atoms with Gasteiger partial charge in [0, 0.05) is 26.0 Å². The molecule has 3 N–H and O–H groups in total. The predicted octanol–water partition coefficient (Wildman–Crippen LogP) is 1.14. The summed E-state index contributed by atoms with van der Waals surface area (Å²) in [5.74, 6) is -0.590. The Morgan fingerprint density at radius 3 is 2.40 bits per heavy atom. The van der Waals surface area contributed by atoms with Gasteiger partial charge < -0.3 is 20.3 Å². The van der Waals surface area contributed by atoms with Crippen LogP contribution in [0.25, 0.3) is 0 Å². The van der Waals surface area contributed by atoms with Gasteiger partial charge in [-0.15, -0.1) is 0 Å². The third-order valence-electron chi connectivity index (χ3n) is 2.70. The maximum atomic E-state index is 11.6. The van der Waals surface area contributed by atoms with Crippen LogP contribution in [0.1, 0.15) is 6.92 Å². The van der Waals surface area contributed by atoms with Crippen molar-refractivity contribution in [1.82, 2.24) is 0 Å². The zero-order valence-corrected chi connectivity index (χ0v) is 14.0. The van der Waals surface area contributed by atoms with Crippen LogP contribution in [0, 0.1) is 0 Å². The molecule has 0 bridgehead atoms. The molecule has 6 nitrogen and oxygen atoms in total. The fraction of sp³-hybridized carbons (Fsp3) is 0.692. The molecular formula is C13H26N2O4Si. The summed E-state index contributed by atoms with van der Waals surface area (Å²) in [5.41, 5.74) is 6.29. The summed E-state index contributed by atoms with van der Waals surface area (Å²) in [4.78, 5) is 15.7. The van der Waals surface area contributed by atoms with Crippen molar-refractivity contribution in [3.05, 3.63) is 11.3 Å². The fourth-order valence-electron chi connectivity index (χ4n) is 1.26. The Bertz CT molecular complexity index is 386. The van der Waals surface area contributed by atoms with Gasteiger partial charge in [0.2, 0.25) is 0 Å². The molecule has 116 valence electrons. The van der Waals surface area contributed by atoms with E-state index in [0.29, 0.717) is 12.2 Å². The molecule has 0 rings (SSSR count). The Labute approximate surface area is 121 Å². The summed E-state index contributed by atoms with van der Waals surface area (Å²) < 4.78 is 10.1. The zero-order valence-electron chi connectivity index (χ0n) is 13.0. The number of esters is 1. The number of aliphatic hydroxyl groups excluding tert-OH is 1. The van der Waals surface area contributed by atoms with E-state index in [4.69, 9.17) is 15.6 Å². The van der Waals surface area contributed by atoms with E-state index in [9.17, 15) is 4.79 Å². The second-order valence-corrected chi connectivity index (χ2v) is 11.3. The number of ether oxygens (including phenoxy) is 2. The molecule has 0 amide bonds. The lowest BCUT2D eigenvalue weighted by Gasteiger charge is -2.14. The first-order valence-corrected chi connectivity index (χ1v) is 10.2. The van der Waals surface area contributed by atoms with Crippen molar-refractivity contribution in [1.29, 1.82) is 0 Å². The average Bonchev–Trinajstić information content (AvgIpc) is 2.39. The van der Waals surface area contributed by atoms with E-state index < -0.39 is 14.0 Å². The third-order valence-corrected chi connectivity index (χ3v) is 4.40. The highest BCUT2D eigenvalue weighted by Gasteiger charge is 2.16. The largest absolute Gasteiger partial charge is 0.464 e. The number of hydrogen-bond acceptors (Lipinski definition) is 6. The van der Waals surface area contributed by atoms with Gasteiger partial charge in [-0.2, -0.15) is 0 Å². The molecule has 7 heteroatoms. The number of carbonyl (C=O) groups excluding carboxylic acids is 1. The lowest BCUT2D eigenvalue weighted by molar-refractivity contribution is -0.132. The molecular weight excluding hydrogens is 276 g/mol. The summed E-state index contributed by atoms with van der Waals surface area (Å²) in [6.07, 6.45) is 0. The maximum absolute atomic E-state index is 11.6. The first-order chi connectivity index (χ1) is 9.22. The van der Waals surface area contributed by atoms with E-state index >= 15 is 0 Å². The highest BCUT2D eigenvalue weighted by Crippen LogP contribution is 2.08. The zero-order chi connectivity index (χ0) is 15.8. The molecule has 0 saturated heterocycles. The molecule has 0 aromatic heterocycles. The third kappa shape index (κ3) is 7.42. The molecule has 0 aliphatic rings. The molecule has 0 aliphatic carbocycles. The molecule has 0 radical (unpaired) electrons. The van der Waals surface area contributed by atoms with Gasteiger partial charge in [0.25, 0.3) is 0 Å². The minimum absolute atomic E-state index is 0.0744. The van der Waals surface area contributed by atoms with E-state index in [2.05, 4.69) is 29.4 Å². The minimum atomic E-state index is -1.14. The number of nitrogens with two attached hydrogens (primary N) is 1. The van der Waals surface area contributed by atoms with Gasteiger partial charge in [-0.05, 0) is 13.0 Å². The highest BCUT2D eigenvalue weighted by molar-refractivity contribution is 6.76. The van der Waals surface area contributed by atoms with Crippen LogP contribution in [0.5, 0.6) is 0 Å². The SMILES string of the molecule is COC(=O)C(=NCOCC[Si](C)(C)C)C(C)=C(N)CO. The molecule has 0 atom stereocenters. The fourth-order valence-corrected chi connectivity index (χ4v) is 2.01. The van der Waals surface area contributed by atoms with Crippen LogP contribution in [-0.4, -0.2) is 51.9 Å². The van der Waals surface area contributed by atoms with Gasteiger partial charge in [-0.1, -0.05) is 19.6 Å². The molecule has 0 aliphatic heterocycles. The number of carbonyl (C=O) groups is 1. The lowest BCUT2D eigenvalue weighted by Crippen LogP contribution is -2.23. The number of aliphatic imine (C=N–C) groups is 1. The van der Waals surface area contributed by atoms with Gasteiger partial charge in [0.15, 0.2) is 0 Å². The second-order valence-electron chi connectivity index (χ2n) is 5.65. The van der Waals surface area contributed by atoms with Crippen molar-refractivity contribution < 1.29 is 19.4 Å². The van der Waals surface area contributed by atoms with Gasteiger partial charge in [-0.3, -0.25) is 0 Å². The van der Waals surface area contributed by atoms with Gasteiger partial charge in [-0.25, -0.2) is 9.79 Å². The summed E-state index contributed by atoms with van der Waals surface area (Å²) in [7, 11) is 0.134. The Morgan fingerprint density at radius 1 is 1.35 bits per heavy atom. The molecule has 20 heavy (non-hydrogen) atoms. The predicted molar refractivity (Wildman–Crippen MR) is 82.4 cm³/mol. The highest BCUT2D eigenvalue weighted by atomic mass is 28.3.